The van der Waals surface area contributed by atoms with Crippen LogP contribution in [0.2, 0.25) is 0 Å². The third-order valence-electron chi connectivity index (χ3n) is 3.38. The molecule has 2 rings (SSSR count). The van der Waals surface area contributed by atoms with Gasteiger partial charge in [0.05, 0.1) is 19.8 Å². The van der Waals surface area contributed by atoms with E-state index in [1.54, 1.807) is 28.0 Å². The summed E-state index contributed by atoms with van der Waals surface area (Å²) in [5.41, 5.74) is 0.478. The third-order valence-corrected chi connectivity index (χ3v) is 3.38. The van der Waals surface area contributed by atoms with Gasteiger partial charge in [-0.15, -0.1) is 0 Å². The fourth-order valence-electron chi connectivity index (χ4n) is 2.26. The van der Waals surface area contributed by atoms with Crippen LogP contribution < -0.4 is 9.47 Å². The Labute approximate surface area is 117 Å². The van der Waals surface area contributed by atoms with Gasteiger partial charge in [0.25, 0.3) is 5.91 Å². The SMILES string of the molecule is COc1cccc(C(=O)N2CCN(C=O)CC2)c1OC. The van der Waals surface area contributed by atoms with E-state index >= 15 is 0 Å². The Kier molecular flexibility index (Phi) is 4.45. The Morgan fingerprint density at radius 2 is 1.85 bits per heavy atom. The average molecular weight is 278 g/mol. The van der Waals surface area contributed by atoms with Crippen molar-refractivity contribution in [2.75, 3.05) is 40.4 Å². The van der Waals surface area contributed by atoms with E-state index in [0.717, 1.165) is 6.41 Å². The molecular weight excluding hydrogens is 260 g/mol. The van der Waals surface area contributed by atoms with Gasteiger partial charge >= 0.3 is 0 Å². The first kappa shape index (κ1) is 14.2. The van der Waals surface area contributed by atoms with Crippen LogP contribution in [-0.2, 0) is 4.79 Å². The molecular formula is C14H18N2O4. The summed E-state index contributed by atoms with van der Waals surface area (Å²) >= 11 is 0. The zero-order chi connectivity index (χ0) is 14.5. The second kappa shape index (κ2) is 6.27. The van der Waals surface area contributed by atoms with Gasteiger partial charge in [-0.1, -0.05) is 6.07 Å². The molecule has 0 radical (unpaired) electrons. The van der Waals surface area contributed by atoms with Crippen molar-refractivity contribution in [2.24, 2.45) is 0 Å². The average Bonchev–Trinajstić information content (AvgIpc) is 2.53. The van der Waals surface area contributed by atoms with Gasteiger partial charge in [0.1, 0.15) is 0 Å². The number of methoxy groups -OCH3 is 2. The van der Waals surface area contributed by atoms with Crippen molar-refractivity contribution in [3.63, 3.8) is 0 Å². The highest BCUT2D eigenvalue weighted by molar-refractivity contribution is 5.98. The van der Waals surface area contributed by atoms with Gasteiger partial charge in [-0.3, -0.25) is 9.59 Å². The van der Waals surface area contributed by atoms with E-state index in [9.17, 15) is 9.59 Å². The molecule has 0 unspecified atom stereocenters. The Bertz CT molecular complexity index is 496. The lowest BCUT2D eigenvalue weighted by atomic mass is 10.1. The number of carbonyl (C=O) groups is 2. The standard InChI is InChI=1S/C14H18N2O4/c1-19-12-5-3-4-11(13(12)20-2)14(18)16-8-6-15(10-17)7-9-16/h3-5,10H,6-9H2,1-2H3. The molecule has 6 heteroatoms. The van der Waals surface area contributed by atoms with Gasteiger partial charge < -0.3 is 19.3 Å². The molecule has 108 valence electrons. The van der Waals surface area contributed by atoms with E-state index in [2.05, 4.69) is 0 Å². The van der Waals surface area contributed by atoms with Gasteiger partial charge in [0.15, 0.2) is 11.5 Å². The van der Waals surface area contributed by atoms with Crippen molar-refractivity contribution < 1.29 is 19.1 Å². The summed E-state index contributed by atoms with van der Waals surface area (Å²) < 4.78 is 10.5. The van der Waals surface area contributed by atoms with E-state index in [0.29, 0.717) is 43.2 Å². The molecule has 1 saturated heterocycles. The van der Waals surface area contributed by atoms with E-state index in [1.165, 1.54) is 14.2 Å². The number of carbonyl (C=O) groups excluding carboxylic acids is 2. The molecule has 0 N–H and O–H groups in total. The van der Waals surface area contributed by atoms with Crippen LogP contribution in [0, 0.1) is 0 Å². The molecule has 1 aromatic carbocycles. The minimum absolute atomic E-state index is 0.105. The predicted molar refractivity (Wildman–Crippen MR) is 73.1 cm³/mol. The molecule has 0 atom stereocenters. The van der Waals surface area contributed by atoms with E-state index in [4.69, 9.17) is 9.47 Å². The van der Waals surface area contributed by atoms with E-state index < -0.39 is 0 Å². The molecule has 0 bridgehead atoms. The Morgan fingerprint density at radius 1 is 1.15 bits per heavy atom. The molecule has 0 aromatic heterocycles. The first-order valence-corrected chi connectivity index (χ1v) is 6.41. The van der Waals surface area contributed by atoms with Crippen molar-refractivity contribution >= 4 is 12.3 Å². The van der Waals surface area contributed by atoms with Crippen molar-refractivity contribution in [1.82, 2.24) is 9.80 Å². The van der Waals surface area contributed by atoms with E-state index in [-0.39, 0.29) is 5.91 Å². The number of para-hydroxylation sites is 1. The number of ether oxygens (including phenoxy) is 2. The topological polar surface area (TPSA) is 59.1 Å². The summed E-state index contributed by atoms with van der Waals surface area (Å²) in [7, 11) is 3.05. The number of rotatable bonds is 4. The highest BCUT2D eigenvalue weighted by Gasteiger charge is 2.24. The smallest absolute Gasteiger partial charge is 0.257 e. The fourth-order valence-corrected chi connectivity index (χ4v) is 2.26. The molecule has 1 aliphatic rings. The molecule has 1 fully saturated rings. The van der Waals surface area contributed by atoms with Gasteiger partial charge in [-0.25, -0.2) is 0 Å². The summed E-state index contributed by atoms with van der Waals surface area (Å²) in [5, 5.41) is 0. The largest absolute Gasteiger partial charge is 0.493 e. The summed E-state index contributed by atoms with van der Waals surface area (Å²) in [5.74, 6) is 0.869. The highest BCUT2D eigenvalue weighted by atomic mass is 16.5. The van der Waals surface area contributed by atoms with Crippen LogP contribution in [-0.4, -0.2) is 62.5 Å². The lowest BCUT2D eigenvalue weighted by Gasteiger charge is -2.32. The monoisotopic (exact) mass is 278 g/mol. The van der Waals surface area contributed by atoms with Crippen LogP contribution in [0.1, 0.15) is 10.4 Å². The second-order valence-electron chi connectivity index (χ2n) is 4.47. The van der Waals surface area contributed by atoms with Crippen molar-refractivity contribution in [3.05, 3.63) is 23.8 Å². The number of piperazine rings is 1. The van der Waals surface area contributed by atoms with Crippen LogP contribution >= 0.6 is 0 Å². The number of nitrogens with zero attached hydrogens (tertiary/aromatic N) is 2. The lowest BCUT2D eigenvalue weighted by molar-refractivity contribution is -0.119. The molecule has 0 aliphatic carbocycles. The highest BCUT2D eigenvalue weighted by Crippen LogP contribution is 2.31. The normalized spacial score (nSPS) is 14.9. The summed E-state index contributed by atoms with van der Waals surface area (Å²) in [6.45, 7) is 2.17. The maximum Gasteiger partial charge on any atom is 0.257 e. The molecule has 1 aliphatic heterocycles. The first-order valence-electron chi connectivity index (χ1n) is 6.41. The number of amides is 2. The zero-order valence-corrected chi connectivity index (χ0v) is 11.7. The molecule has 1 aromatic rings. The molecule has 20 heavy (non-hydrogen) atoms. The Morgan fingerprint density at radius 3 is 2.40 bits per heavy atom. The second-order valence-corrected chi connectivity index (χ2v) is 4.47. The van der Waals surface area contributed by atoms with Crippen LogP contribution in [0.4, 0.5) is 0 Å². The number of hydrogen-bond acceptors (Lipinski definition) is 4. The maximum absolute atomic E-state index is 12.5. The third kappa shape index (κ3) is 2.68. The number of benzene rings is 1. The van der Waals surface area contributed by atoms with Gasteiger partial charge in [0.2, 0.25) is 6.41 Å². The zero-order valence-electron chi connectivity index (χ0n) is 11.7. The quantitative estimate of drug-likeness (QED) is 0.758. The summed E-state index contributed by atoms with van der Waals surface area (Å²) in [4.78, 5) is 26.6. The minimum atomic E-state index is -0.105. The fraction of sp³-hybridized carbons (Fsp3) is 0.429. The van der Waals surface area contributed by atoms with Crippen LogP contribution in [0.5, 0.6) is 11.5 Å². The molecule has 1 heterocycles. The predicted octanol–water partition coefficient (Wildman–Crippen LogP) is 0.618. The minimum Gasteiger partial charge on any atom is -0.493 e. The molecule has 0 saturated carbocycles. The van der Waals surface area contributed by atoms with Crippen molar-refractivity contribution in [2.45, 2.75) is 0 Å². The summed E-state index contributed by atoms with van der Waals surface area (Å²) in [6, 6.07) is 5.23. The summed E-state index contributed by atoms with van der Waals surface area (Å²) in [6.07, 6.45) is 0.813. The van der Waals surface area contributed by atoms with Crippen molar-refractivity contribution in [3.8, 4) is 11.5 Å². The molecule has 0 spiro atoms. The molecule has 2 amide bonds. The van der Waals surface area contributed by atoms with Gasteiger partial charge in [-0.05, 0) is 12.1 Å². The van der Waals surface area contributed by atoms with Gasteiger partial charge in [0, 0.05) is 26.2 Å². The van der Waals surface area contributed by atoms with E-state index in [1.807, 2.05) is 0 Å². The van der Waals surface area contributed by atoms with Crippen LogP contribution in [0.15, 0.2) is 18.2 Å². The first-order chi connectivity index (χ1) is 9.71. The van der Waals surface area contributed by atoms with Crippen LogP contribution in [0.25, 0.3) is 0 Å². The van der Waals surface area contributed by atoms with Crippen molar-refractivity contribution in [1.29, 1.82) is 0 Å². The number of hydrogen-bond donors (Lipinski definition) is 0. The Balaban J connectivity index is 2.19. The van der Waals surface area contributed by atoms with Crippen LogP contribution in [0.3, 0.4) is 0 Å². The lowest BCUT2D eigenvalue weighted by Crippen LogP contribution is -2.48. The maximum atomic E-state index is 12.5. The van der Waals surface area contributed by atoms with Gasteiger partial charge in [-0.2, -0.15) is 0 Å². The Hall–Kier alpha value is -2.24. The molecule has 6 nitrogen and oxygen atoms in total.